The monoisotopic (exact) mass is 361 g/mol. The van der Waals surface area contributed by atoms with Gasteiger partial charge in [-0.25, -0.2) is 4.98 Å². The molecule has 0 spiro atoms. The molecule has 0 amide bonds. The van der Waals surface area contributed by atoms with Crippen molar-refractivity contribution in [1.82, 2.24) is 15.3 Å². The van der Waals surface area contributed by atoms with Crippen LogP contribution in [0.4, 0.5) is 0 Å². The van der Waals surface area contributed by atoms with Crippen molar-refractivity contribution in [2.24, 2.45) is 0 Å². The third kappa shape index (κ3) is 3.48. The van der Waals surface area contributed by atoms with Crippen molar-refractivity contribution in [2.45, 2.75) is 23.5 Å². The summed E-state index contributed by atoms with van der Waals surface area (Å²) in [5, 5.41) is 4.25. The van der Waals surface area contributed by atoms with Crippen LogP contribution in [0, 0.1) is 0 Å². The van der Waals surface area contributed by atoms with Crippen LogP contribution in [0.2, 0.25) is 0 Å². The van der Waals surface area contributed by atoms with Crippen molar-refractivity contribution in [1.29, 1.82) is 0 Å². The summed E-state index contributed by atoms with van der Waals surface area (Å²) in [6, 6.07) is 14.5. The maximum atomic E-state index is 4.60. The fourth-order valence-electron chi connectivity index (χ4n) is 2.09. The zero-order chi connectivity index (χ0) is 14.7. The first-order chi connectivity index (χ1) is 10.3. The molecule has 0 aliphatic rings. The molecule has 1 heterocycles. The predicted molar refractivity (Wildman–Crippen MR) is 91.7 cm³/mol. The van der Waals surface area contributed by atoms with Gasteiger partial charge in [-0.15, -0.1) is 0 Å². The van der Waals surface area contributed by atoms with E-state index in [9.17, 15) is 0 Å². The molecular formula is C16H16BrN3S. The summed E-state index contributed by atoms with van der Waals surface area (Å²) in [5.74, 6) is 0. The number of hydrogen-bond donors (Lipinski definition) is 2. The second-order valence-corrected chi connectivity index (χ2v) is 6.59. The number of benzene rings is 2. The number of nitrogens with zero attached hydrogens (tertiary/aromatic N) is 1. The number of para-hydroxylation sites is 2. The lowest BCUT2D eigenvalue weighted by Crippen LogP contribution is -2.11. The molecule has 0 saturated carbocycles. The average Bonchev–Trinajstić information content (AvgIpc) is 2.90. The highest BCUT2D eigenvalue weighted by Crippen LogP contribution is 2.33. The minimum Gasteiger partial charge on any atom is -0.333 e. The summed E-state index contributed by atoms with van der Waals surface area (Å²) in [6.45, 7) is 3.98. The van der Waals surface area contributed by atoms with Crippen LogP contribution in [-0.4, -0.2) is 16.5 Å². The fourth-order valence-corrected chi connectivity index (χ4v) is 3.56. The largest absolute Gasteiger partial charge is 0.333 e. The molecule has 5 heteroatoms. The summed E-state index contributed by atoms with van der Waals surface area (Å²) in [6.07, 6.45) is 0. The van der Waals surface area contributed by atoms with Gasteiger partial charge >= 0.3 is 0 Å². The minimum atomic E-state index is 0.894. The van der Waals surface area contributed by atoms with E-state index < -0.39 is 0 Å². The Morgan fingerprint density at radius 2 is 2.10 bits per heavy atom. The first-order valence-electron chi connectivity index (χ1n) is 6.88. The van der Waals surface area contributed by atoms with Gasteiger partial charge in [0.15, 0.2) is 5.16 Å². The van der Waals surface area contributed by atoms with E-state index in [1.165, 1.54) is 5.56 Å². The summed E-state index contributed by atoms with van der Waals surface area (Å²) < 4.78 is 1.10. The van der Waals surface area contributed by atoms with Gasteiger partial charge in [-0.1, -0.05) is 36.9 Å². The first-order valence-corrected chi connectivity index (χ1v) is 8.49. The molecule has 21 heavy (non-hydrogen) atoms. The zero-order valence-electron chi connectivity index (χ0n) is 11.7. The maximum absolute atomic E-state index is 4.60. The van der Waals surface area contributed by atoms with E-state index in [4.69, 9.17) is 0 Å². The number of fused-ring (bicyclic) bond motifs is 1. The topological polar surface area (TPSA) is 40.7 Å². The Labute approximate surface area is 136 Å². The number of nitrogens with one attached hydrogen (secondary N) is 2. The number of hydrogen-bond acceptors (Lipinski definition) is 3. The highest BCUT2D eigenvalue weighted by atomic mass is 79.9. The van der Waals surface area contributed by atoms with E-state index in [0.717, 1.165) is 38.6 Å². The molecule has 0 aliphatic carbocycles. The molecule has 0 fully saturated rings. The Bertz CT molecular complexity index is 721. The lowest BCUT2D eigenvalue weighted by Gasteiger charge is -2.06. The van der Waals surface area contributed by atoms with E-state index in [1.54, 1.807) is 11.8 Å². The highest BCUT2D eigenvalue weighted by molar-refractivity contribution is 9.10. The number of rotatable bonds is 5. The molecule has 2 aromatic carbocycles. The van der Waals surface area contributed by atoms with Crippen LogP contribution < -0.4 is 5.32 Å². The average molecular weight is 362 g/mol. The molecule has 2 N–H and O–H groups in total. The third-order valence-corrected chi connectivity index (χ3v) is 5.03. The van der Waals surface area contributed by atoms with Gasteiger partial charge in [0.1, 0.15) is 0 Å². The standard InChI is InChI=1S/C16H16BrN3S/c1-2-18-10-11-7-8-15(12(17)9-11)21-16-19-13-5-3-4-6-14(13)20-16/h3-9,18H,2,10H2,1H3,(H,19,20). The van der Waals surface area contributed by atoms with Gasteiger partial charge in [-0.3, -0.25) is 0 Å². The number of aromatic nitrogens is 2. The SMILES string of the molecule is CCNCc1ccc(Sc2nc3ccccc3[nH]2)c(Br)c1. The van der Waals surface area contributed by atoms with Gasteiger partial charge in [0.25, 0.3) is 0 Å². The van der Waals surface area contributed by atoms with Gasteiger partial charge in [0.05, 0.1) is 11.0 Å². The number of imidazole rings is 1. The van der Waals surface area contributed by atoms with Crippen molar-refractivity contribution < 1.29 is 0 Å². The van der Waals surface area contributed by atoms with Gasteiger partial charge < -0.3 is 10.3 Å². The van der Waals surface area contributed by atoms with E-state index in [2.05, 4.69) is 56.3 Å². The maximum Gasteiger partial charge on any atom is 0.171 e. The van der Waals surface area contributed by atoms with Crippen LogP contribution in [-0.2, 0) is 6.54 Å². The number of H-pyrrole nitrogens is 1. The van der Waals surface area contributed by atoms with Gasteiger partial charge in [0, 0.05) is 15.9 Å². The Morgan fingerprint density at radius 3 is 2.86 bits per heavy atom. The smallest absolute Gasteiger partial charge is 0.171 e. The van der Waals surface area contributed by atoms with Crippen molar-refractivity contribution in [3.63, 3.8) is 0 Å². The molecular weight excluding hydrogens is 346 g/mol. The van der Waals surface area contributed by atoms with Crippen molar-refractivity contribution >= 4 is 38.7 Å². The zero-order valence-corrected chi connectivity index (χ0v) is 14.1. The molecule has 108 valence electrons. The molecule has 0 aliphatic heterocycles. The molecule has 0 radical (unpaired) electrons. The Hall–Kier alpha value is -1.30. The molecule has 1 aromatic heterocycles. The minimum absolute atomic E-state index is 0.894. The summed E-state index contributed by atoms with van der Waals surface area (Å²) >= 11 is 5.29. The second-order valence-electron chi connectivity index (χ2n) is 4.71. The lowest BCUT2D eigenvalue weighted by atomic mass is 10.2. The molecule has 0 atom stereocenters. The fraction of sp³-hybridized carbons (Fsp3) is 0.188. The lowest BCUT2D eigenvalue weighted by molar-refractivity contribution is 0.726. The summed E-state index contributed by atoms with van der Waals surface area (Å²) in [7, 11) is 0. The van der Waals surface area contributed by atoms with Crippen molar-refractivity contribution in [2.75, 3.05) is 6.54 Å². The van der Waals surface area contributed by atoms with Gasteiger partial charge in [0.2, 0.25) is 0 Å². The molecule has 3 rings (SSSR count). The quantitative estimate of drug-likeness (QED) is 0.698. The molecule has 0 bridgehead atoms. The first kappa shape index (κ1) is 14.6. The van der Waals surface area contributed by atoms with E-state index in [1.807, 2.05) is 24.3 Å². The van der Waals surface area contributed by atoms with Crippen LogP contribution >= 0.6 is 27.7 Å². The molecule has 0 saturated heterocycles. The van der Waals surface area contributed by atoms with Crippen LogP contribution in [0.25, 0.3) is 11.0 Å². The highest BCUT2D eigenvalue weighted by Gasteiger charge is 2.07. The van der Waals surface area contributed by atoms with E-state index in [-0.39, 0.29) is 0 Å². The van der Waals surface area contributed by atoms with Crippen LogP contribution in [0.15, 0.2) is 57.0 Å². The number of halogens is 1. The van der Waals surface area contributed by atoms with Gasteiger partial charge in [-0.2, -0.15) is 0 Å². The van der Waals surface area contributed by atoms with Crippen LogP contribution in [0.1, 0.15) is 12.5 Å². The predicted octanol–water partition coefficient (Wildman–Crippen LogP) is 4.59. The summed E-state index contributed by atoms with van der Waals surface area (Å²) in [4.78, 5) is 9.10. The van der Waals surface area contributed by atoms with Crippen LogP contribution in [0.5, 0.6) is 0 Å². The van der Waals surface area contributed by atoms with Crippen LogP contribution in [0.3, 0.4) is 0 Å². The molecule has 3 nitrogen and oxygen atoms in total. The van der Waals surface area contributed by atoms with Gasteiger partial charge in [-0.05, 0) is 52.3 Å². The number of aromatic amines is 1. The van der Waals surface area contributed by atoms with Crippen molar-refractivity contribution in [3.05, 3.63) is 52.5 Å². The Kier molecular flexibility index (Phi) is 4.63. The van der Waals surface area contributed by atoms with Crippen molar-refractivity contribution in [3.8, 4) is 0 Å². The normalized spacial score (nSPS) is 11.1. The second kappa shape index (κ2) is 6.64. The summed E-state index contributed by atoms with van der Waals surface area (Å²) in [5.41, 5.74) is 3.34. The Balaban J connectivity index is 1.80. The third-order valence-electron chi connectivity index (χ3n) is 3.15. The van der Waals surface area contributed by atoms with E-state index in [0.29, 0.717) is 0 Å². The van der Waals surface area contributed by atoms with E-state index >= 15 is 0 Å². The molecule has 3 aromatic rings. The Morgan fingerprint density at radius 1 is 1.24 bits per heavy atom. The molecule has 0 unspecified atom stereocenters.